The Hall–Kier alpha value is -1.09. The summed E-state index contributed by atoms with van der Waals surface area (Å²) in [6.45, 7) is 6.51. The molecule has 0 bridgehead atoms. The molecule has 0 fully saturated rings. The van der Waals surface area contributed by atoms with E-state index < -0.39 is 11.5 Å². The lowest BCUT2D eigenvalue weighted by molar-refractivity contribution is -0.148. The van der Waals surface area contributed by atoms with E-state index in [0.717, 1.165) is 12.8 Å². The summed E-state index contributed by atoms with van der Waals surface area (Å²) in [6.07, 6.45) is 6.53. The van der Waals surface area contributed by atoms with Gasteiger partial charge in [0, 0.05) is 43.8 Å². The van der Waals surface area contributed by atoms with Gasteiger partial charge in [-0.2, -0.15) is 12.6 Å². The molecule has 0 aromatic heterocycles. The average Bonchev–Trinajstić information content (AvgIpc) is 2.67. The summed E-state index contributed by atoms with van der Waals surface area (Å²) in [5.74, 6) is -0.513. The van der Waals surface area contributed by atoms with Crippen molar-refractivity contribution in [1.82, 2.24) is 10.6 Å². The van der Waals surface area contributed by atoms with Crippen LogP contribution in [0.2, 0.25) is 0 Å². The third kappa shape index (κ3) is 9.91. The molecule has 0 aliphatic heterocycles. The molecule has 0 radical (unpaired) electrons. The van der Waals surface area contributed by atoms with Crippen molar-refractivity contribution in [1.29, 1.82) is 0 Å². The Morgan fingerprint density at radius 2 is 1.96 bits per heavy atom. The first kappa shape index (κ1) is 26.9. The number of hydrogen-bond donors (Lipinski definition) is 6. The molecule has 0 saturated carbocycles. The molecule has 0 aliphatic carbocycles. The van der Waals surface area contributed by atoms with E-state index in [1.54, 1.807) is 6.08 Å². The highest BCUT2D eigenvalue weighted by Gasteiger charge is 2.38. The molecule has 0 aromatic rings. The van der Waals surface area contributed by atoms with Gasteiger partial charge in [0.15, 0.2) is 0 Å². The van der Waals surface area contributed by atoms with Crippen molar-refractivity contribution in [3.8, 4) is 0 Å². The molecule has 0 rings (SSSR count). The zero-order valence-corrected chi connectivity index (χ0v) is 18.4. The number of thiol groups is 1. The Labute approximate surface area is 174 Å². The van der Waals surface area contributed by atoms with Gasteiger partial charge in [0.1, 0.15) is 5.54 Å². The van der Waals surface area contributed by atoms with E-state index in [0.29, 0.717) is 31.1 Å². The lowest BCUT2D eigenvalue weighted by Gasteiger charge is -2.30. The van der Waals surface area contributed by atoms with Crippen LogP contribution in [0, 0.1) is 5.92 Å². The predicted octanol–water partition coefficient (Wildman–Crippen LogP) is 1.71. The molecular weight excluding hydrogens is 378 g/mol. The maximum absolute atomic E-state index is 12.4. The van der Waals surface area contributed by atoms with Gasteiger partial charge in [-0.1, -0.05) is 52.2 Å². The number of nitrogens with two attached hydrogens (primary N) is 1. The van der Waals surface area contributed by atoms with Gasteiger partial charge in [-0.3, -0.25) is 4.79 Å². The van der Waals surface area contributed by atoms with Gasteiger partial charge in [0.25, 0.3) is 0 Å². The number of carbonyl (C=O) groups excluding carboxylic acids is 1. The van der Waals surface area contributed by atoms with Crippen LogP contribution in [0.15, 0.2) is 12.2 Å². The van der Waals surface area contributed by atoms with Crippen molar-refractivity contribution in [3.63, 3.8) is 0 Å². The summed E-state index contributed by atoms with van der Waals surface area (Å²) in [6, 6.07) is 0.0327. The van der Waals surface area contributed by atoms with Crippen LogP contribution in [0.25, 0.3) is 0 Å². The minimum absolute atomic E-state index is 0.00352. The smallest absolute Gasteiger partial charge is 0.329 e. The van der Waals surface area contributed by atoms with E-state index in [1.807, 2.05) is 13.0 Å². The number of aliphatic hydroxyl groups excluding tert-OH is 1. The topological polar surface area (TPSA) is 125 Å². The molecular formula is C20H39N3O4S. The molecule has 0 spiro atoms. The van der Waals surface area contributed by atoms with Crippen LogP contribution < -0.4 is 16.4 Å². The average molecular weight is 418 g/mol. The summed E-state index contributed by atoms with van der Waals surface area (Å²) in [4.78, 5) is 24.1. The second kappa shape index (κ2) is 14.8. The number of carboxylic acid groups (broad SMARTS) is 1. The number of rotatable bonds is 16. The molecule has 28 heavy (non-hydrogen) atoms. The Morgan fingerprint density at radius 3 is 2.46 bits per heavy atom. The Kier molecular flexibility index (Phi) is 14.3. The Bertz CT molecular complexity index is 490. The quantitative estimate of drug-likeness (QED) is 0.168. The first-order valence-corrected chi connectivity index (χ1v) is 10.8. The van der Waals surface area contributed by atoms with E-state index in [9.17, 15) is 19.8 Å². The van der Waals surface area contributed by atoms with Gasteiger partial charge >= 0.3 is 5.97 Å². The lowest BCUT2D eigenvalue weighted by Crippen LogP contribution is -2.55. The molecule has 164 valence electrons. The second-order valence-electron chi connectivity index (χ2n) is 7.41. The molecule has 7 nitrogen and oxygen atoms in total. The van der Waals surface area contributed by atoms with Crippen molar-refractivity contribution in [2.75, 3.05) is 18.9 Å². The van der Waals surface area contributed by atoms with E-state index in [4.69, 9.17) is 5.73 Å². The number of nitrogens with one attached hydrogen (secondary N) is 2. The number of amides is 1. The van der Waals surface area contributed by atoms with Crippen LogP contribution in [0.4, 0.5) is 0 Å². The van der Waals surface area contributed by atoms with Crippen molar-refractivity contribution < 1.29 is 19.8 Å². The van der Waals surface area contributed by atoms with Crippen LogP contribution in [0.3, 0.4) is 0 Å². The highest BCUT2D eigenvalue weighted by atomic mass is 32.1. The van der Waals surface area contributed by atoms with Gasteiger partial charge in [-0.15, -0.1) is 0 Å². The number of aliphatic carboxylic acids is 1. The molecule has 0 saturated heterocycles. The predicted molar refractivity (Wildman–Crippen MR) is 117 cm³/mol. The van der Waals surface area contributed by atoms with E-state index in [2.05, 4.69) is 37.1 Å². The van der Waals surface area contributed by atoms with Crippen molar-refractivity contribution in [2.45, 2.75) is 76.9 Å². The van der Waals surface area contributed by atoms with Gasteiger partial charge in [-0.05, 0) is 12.3 Å². The zero-order valence-electron chi connectivity index (χ0n) is 17.5. The van der Waals surface area contributed by atoms with Crippen LogP contribution in [-0.4, -0.2) is 58.6 Å². The minimum Gasteiger partial charge on any atom is -0.480 e. The highest BCUT2D eigenvalue weighted by Crippen LogP contribution is 2.20. The standard InChI is InChI=1S/C20H39N3O4S/c1-4-6-10-20(11-12-24,19(26)27)23-18(25)9-7-8-17(15(3)5-2)22-13-16(21)14-28/h7-8,15-17,22,24,28H,4-6,9-14,21H2,1-3H3,(H,23,25)(H,26,27)/t15-,16+,17+,20?/m0/s1. The van der Waals surface area contributed by atoms with Crippen LogP contribution in [0.5, 0.6) is 0 Å². The number of carbonyl (C=O) groups is 2. The fraction of sp³-hybridized carbons (Fsp3) is 0.800. The summed E-state index contributed by atoms with van der Waals surface area (Å²) < 4.78 is 0. The second-order valence-corrected chi connectivity index (χ2v) is 7.77. The van der Waals surface area contributed by atoms with Gasteiger partial charge in [0.2, 0.25) is 5.91 Å². The SMILES string of the molecule is CCCCC(CCO)(NC(=O)CC=C[C@@H](NC[C@@H](N)CS)[C@@H](C)CC)C(=O)O. The molecule has 0 aliphatic rings. The minimum atomic E-state index is -1.41. The molecule has 6 N–H and O–H groups in total. The van der Waals surface area contributed by atoms with Crippen LogP contribution in [0.1, 0.15) is 59.3 Å². The van der Waals surface area contributed by atoms with Crippen molar-refractivity contribution >= 4 is 24.5 Å². The number of aliphatic hydroxyl groups is 1. The maximum atomic E-state index is 12.4. The van der Waals surface area contributed by atoms with Crippen LogP contribution in [-0.2, 0) is 9.59 Å². The van der Waals surface area contributed by atoms with E-state index in [-0.39, 0.29) is 37.4 Å². The molecule has 4 atom stereocenters. The maximum Gasteiger partial charge on any atom is 0.329 e. The largest absolute Gasteiger partial charge is 0.480 e. The van der Waals surface area contributed by atoms with Crippen LogP contribution >= 0.6 is 12.6 Å². The molecule has 1 amide bonds. The monoisotopic (exact) mass is 417 g/mol. The van der Waals surface area contributed by atoms with Gasteiger partial charge in [-0.25, -0.2) is 4.79 Å². The van der Waals surface area contributed by atoms with Crippen molar-refractivity contribution in [3.05, 3.63) is 12.2 Å². The fourth-order valence-corrected chi connectivity index (χ4v) is 3.02. The van der Waals surface area contributed by atoms with Gasteiger partial charge in [0.05, 0.1) is 0 Å². The molecule has 1 unspecified atom stereocenters. The van der Waals surface area contributed by atoms with E-state index >= 15 is 0 Å². The normalized spacial score (nSPS) is 17.1. The van der Waals surface area contributed by atoms with Gasteiger partial charge < -0.3 is 26.6 Å². The summed E-state index contributed by atoms with van der Waals surface area (Å²) in [7, 11) is 0. The first-order chi connectivity index (χ1) is 13.3. The third-order valence-electron chi connectivity index (χ3n) is 5.04. The summed E-state index contributed by atoms with van der Waals surface area (Å²) in [5, 5.41) is 24.9. The Morgan fingerprint density at radius 1 is 1.29 bits per heavy atom. The fourth-order valence-electron chi connectivity index (χ4n) is 2.89. The Balaban J connectivity index is 4.96. The summed E-state index contributed by atoms with van der Waals surface area (Å²) >= 11 is 4.19. The number of hydrogen-bond acceptors (Lipinski definition) is 6. The summed E-state index contributed by atoms with van der Waals surface area (Å²) in [5.41, 5.74) is 4.49. The first-order valence-electron chi connectivity index (χ1n) is 10.2. The molecule has 8 heteroatoms. The number of carboxylic acids is 1. The third-order valence-corrected chi connectivity index (χ3v) is 5.51. The zero-order chi connectivity index (χ0) is 21.6. The lowest BCUT2D eigenvalue weighted by atomic mass is 9.89. The van der Waals surface area contributed by atoms with E-state index in [1.165, 1.54) is 0 Å². The van der Waals surface area contributed by atoms with Crippen molar-refractivity contribution in [2.24, 2.45) is 11.7 Å². The number of unbranched alkanes of at least 4 members (excludes halogenated alkanes) is 1. The highest BCUT2D eigenvalue weighted by molar-refractivity contribution is 7.80. The molecule has 0 aromatic carbocycles. The molecule has 0 heterocycles.